The average Bonchev–Trinajstić information content (AvgIpc) is 3.98. The lowest BCUT2D eigenvalue weighted by molar-refractivity contribution is 0.670. The molecule has 0 aliphatic heterocycles. The lowest BCUT2D eigenvalue weighted by atomic mass is 9.94. The summed E-state index contributed by atoms with van der Waals surface area (Å²) in [4.78, 5) is 2.38. The van der Waals surface area contributed by atoms with Crippen molar-refractivity contribution in [3.8, 4) is 61.3 Å². The zero-order valence-electron chi connectivity index (χ0n) is 37.7. The van der Waals surface area contributed by atoms with E-state index in [0.717, 1.165) is 72.5 Å². The third kappa shape index (κ3) is 7.08. The third-order valence-electron chi connectivity index (χ3n) is 13.6. The van der Waals surface area contributed by atoms with Gasteiger partial charge in [0.15, 0.2) is 0 Å². The molecular weight excluding hydrogens is 837 g/mol. The van der Waals surface area contributed by atoms with Crippen LogP contribution in [-0.4, -0.2) is 4.57 Å². The summed E-state index contributed by atoms with van der Waals surface area (Å²) in [7, 11) is 0. The number of hydrogen-bond acceptors (Lipinski definition) is 2. The first-order valence-electron chi connectivity index (χ1n) is 23.6. The molecule has 0 fully saturated rings. The molecule has 2 heterocycles. The van der Waals surface area contributed by atoms with Crippen LogP contribution < -0.4 is 4.90 Å². The van der Waals surface area contributed by atoms with E-state index in [9.17, 15) is 0 Å². The van der Waals surface area contributed by atoms with Gasteiger partial charge in [0.25, 0.3) is 0 Å². The number of furan rings is 1. The minimum atomic E-state index is 0.898. The summed E-state index contributed by atoms with van der Waals surface area (Å²) in [5.74, 6) is 0. The molecule has 0 saturated heterocycles. The lowest BCUT2D eigenvalue weighted by Gasteiger charge is -2.27. The van der Waals surface area contributed by atoms with Crippen LogP contribution in [0.15, 0.2) is 271 Å². The van der Waals surface area contributed by atoms with Crippen LogP contribution in [0.5, 0.6) is 0 Å². The minimum absolute atomic E-state index is 0.898. The van der Waals surface area contributed by atoms with Gasteiger partial charge in [0.2, 0.25) is 0 Å². The maximum Gasteiger partial charge on any atom is 0.143 e. The summed E-state index contributed by atoms with van der Waals surface area (Å²) in [6.45, 7) is 0. The number of hydrogen-bond donors (Lipinski definition) is 0. The molecule has 0 spiro atoms. The highest BCUT2D eigenvalue weighted by atomic mass is 16.3. The molecule has 0 atom stereocenters. The number of aromatic nitrogens is 1. The summed E-state index contributed by atoms with van der Waals surface area (Å²) in [6, 6.07) is 96.0. The van der Waals surface area contributed by atoms with Crippen LogP contribution in [0, 0.1) is 0 Å². The second-order valence-corrected chi connectivity index (χ2v) is 17.6. The Morgan fingerprint density at radius 1 is 0.275 bits per heavy atom. The number of fused-ring (bicyclic) bond motifs is 6. The standard InChI is InChI=1S/C66H44N2O/c1-2-17-46(18-3-1)54-23-4-5-24-55(54)50-20-15-22-53(44-50)67(51-41-39-48(40-42-51)57-29-16-30-61-60-28-9-13-34-65(60)69-66(57)61)52-21-14-19-49(43-52)45-35-37-47(38-36-45)56-25-6-10-31-62(56)68-63-32-11-7-26-58(63)59-27-8-12-33-64(59)68/h1-44H. The summed E-state index contributed by atoms with van der Waals surface area (Å²) in [6.07, 6.45) is 0. The van der Waals surface area contributed by atoms with E-state index in [0.29, 0.717) is 0 Å². The molecule has 13 aromatic rings. The van der Waals surface area contributed by atoms with Gasteiger partial charge in [-0.2, -0.15) is 0 Å². The highest BCUT2D eigenvalue weighted by Gasteiger charge is 2.19. The fraction of sp³-hybridized carbons (Fsp3) is 0. The molecular formula is C66H44N2O. The molecule has 13 rings (SSSR count). The first-order chi connectivity index (χ1) is 34.2. The Balaban J connectivity index is 0.899. The van der Waals surface area contributed by atoms with Crippen molar-refractivity contribution in [2.24, 2.45) is 0 Å². The van der Waals surface area contributed by atoms with E-state index in [-0.39, 0.29) is 0 Å². The first kappa shape index (κ1) is 40.1. The molecule has 0 bridgehead atoms. The maximum atomic E-state index is 6.48. The fourth-order valence-electron chi connectivity index (χ4n) is 10.4. The van der Waals surface area contributed by atoms with Crippen molar-refractivity contribution in [2.45, 2.75) is 0 Å². The quantitative estimate of drug-likeness (QED) is 0.144. The van der Waals surface area contributed by atoms with Gasteiger partial charge in [0, 0.05) is 49.7 Å². The molecule has 0 unspecified atom stereocenters. The summed E-state index contributed by atoms with van der Waals surface area (Å²) >= 11 is 0. The molecule has 324 valence electrons. The van der Waals surface area contributed by atoms with Crippen molar-refractivity contribution in [1.29, 1.82) is 0 Å². The minimum Gasteiger partial charge on any atom is -0.455 e. The Bertz CT molecular complexity index is 3960. The zero-order valence-corrected chi connectivity index (χ0v) is 37.7. The molecule has 69 heavy (non-hydrogen) atoms. The molecule has 0 saturated carbocycles. The average molecular weight is 881 g/mol. The van der Waals surface area contributed by atoms with Crippen molar-refractivity contribution < 1.29 is 4.42 Å². The van der Waals surface area contributed by atoms with E-state index in [4.69, 9.17) is 4.42 Å². The van der Waals surface area contributed by atoms with Gasteiger partial charge in [0.1, 0.15) is 11.2 Å². The van der Waals surface area contributed by atoms with Crippen LogP contribution >= 0.6 is 0 Å². The van der Waals surface area contributed by atoms with Gasteiger partial charge >= 0.3 is 0 Å². The predicted molar refractivity (Wildman–Crippen MR) is 290 cm³/mol. The Morgan fingerprint density at radius 2 is 0.739 bits per heavy atom. The number of benzene rings is 11. The third-order valence-corrected chi connectivity index (χ3v) is 13.6. The van der Waals surface area contributed by atoms with E-state index in [1.165, 1.54) is 49.6 Å². The van der Waals surface area contributed by atoms with Crippen molar-refractivity contribution in [3.63, 3.8) is 0 Å². The fourth-order valence-corrected chi connectivity index (χ4v) is 10.4. The van der Waals surface area contributed by atoms with Crippen LogP contribution in [-0.2, 0) is 0 Å². The van der Waals surface area contributed by atoms with Gasteiger partial charge in [0.05, 0.1) is 16.7 Å². The van der Waals surface area contributed by atoms with E-state index in [2.05, 4.69) is 264 Å². The van der Waals surface area contributed by atoms with Gasteiger partial charge in [-0.3, -0.25) is 0 Å². The molecule has 11 aromatic carbocycles. The highest BCUT2D eigenvalue weighted by Crippen LogP contribution is 2.43. The molecule has 3 nitrogen and oxygen atoms in total. The van der Waals surface area contributed by atoms with E-state index >= 15 is 0 Å². The van der Waals surface area contributed by atoms with Crippen LogP contribution in [0.4, 0.5) is 17.1 Å². The second-order valence-electron chi connectivity index (χ2n) is 17.6. The smallest absolute Gasteiger partial charge is 0.143 e. The normalized spacial score (nSPS) is 11.5. The number of rotatable bonds is 9. The van der Waals surface area contributed by atoms with E-state index < -0.39 is 0 Å². The number of nitrogens with zero attached hydrogens (tertiary/aromatic N) is 2. The molecule has 0 aliphatic carbocycles. The summed E-state index contributed by atoms with van der Waals surface area (Å²) in [5, 5.41) is 4.77. The summed E-state index contributed by atoms with van der Waals surface area (Å²) in [5.41, 5.74) is 20.1. The Hall–Kier alpha value is -9.18. The van der Waals surface area contributed by atoms with E-state index in [1.54, 1.807) is 0 Å². The van der Waals surface area contributed by atoms with E-state index in [1.807, 2.05) is 12.1 Å². The van der Waals surface area contributed by atoms with Crippen molar-refractivity contribution in [3.05, 3.63) is 267 Å². The molecule has 2 aromatic heterocycles. The largest absolute Gasteiger partial charge is 0.455 e. The first-order valence-corrected chi connectivity index (χ1v) is 23.6. The zero-order chi connectivity index (χ0) is 45.7. The molecule has 3 heteroatoms. The topological polar surface area (TPSA) is 21.3 Å². The Morgan fingerprint density at radius 3 is 1.46 bits per heavy atom. The SMILES string of the molecule is c1ccc(-c2ccccc2-c2cccc(N(c3ccc(-c4cccc5c4oc4ccccc45)cc3)c3cccc(-c4ccc(-c5ccccc5-n5c6ccccc6c6ccccc65)cc4)c3)c2)cc1. The summed E-state index contributed by atoms with van der Waals surface area (Å²) < 4.78 is 8.89. The van der Waals surface area contributed by atoms with Crippen LogP contribution in [0.1, 0.15) is 0 Å². The highest BCUT2D eigenvalue weighted by molar-refractivity contribution is 6.11. The van der Waals surface area contributed by atoms with Crippen LogP contribution in [0.25, 0.3) is 105 Å². The second kappa shape index (κ2) is 16.9. The van der Waals surface area contributed by atoms with Crippen LogP contribution in [0.2, 0.25) is 0 Å². The molecule has 0 N–H and O–H groups in total. The Kier molecular flexibility index (Phi) is 9.84. The lowest BCUT2D eigenvalue weighted by Crippen LogP contribution is -2.10. The van der Waals surface area contributed by atoms with Gasteiger partial charge in [-0.15, -0.1) is 0 Å². The van der Waals surface area contributed by atoms with Crippen molar-refractivity contribution in [1.82, 2.24) is 4.57 Å². The van der Waals surface area contributed by atoms with Crippen LogP contribution in [0.3, 0.4) is 0 Å². The number of para-hydroxylation sites is 5. The monoisotopic (exact) mass is 880 g/mol. The van der Waals surface area contributed by atoms with Gasteiger partial charge in [-0.05, 0) is 105 Å². The molecule has 0 radical (unpaired) electrons. The van der Waals surface area contributed by atoms with Gasteiger partial charge in [-0.25, -0.2) is 0 Å². The van der Waals surface area contributed by atoms with Gasteiger partial charge < -0.3 is 13.9 Å². The maximum absolute atomic E-state index is 6.48. The number of anilines is 3. The molecule has 0 aliphatic rings. The Labute approximate surface area is 401 Å². The molecule has 0 amide bonds. The van der Waals surface area contributed by atoms with Gasteiger partial charge in [-0.1, -0.05) is 206 Å². The van der Waals surface area contributed by atoms with Crippen molar-refractivity contribution in [2.75, 3.05) is 4.90 Å². The predicted octanol–water partition coefficient (Wildman–Crippen LogP) is 18.5. The van der Waals surface area contributed by atoms with Crippen molar-refractivity contribution >= 4 is 60.8 Å².